The number of nitrogens with zero attached hydrogens (tertiary/aromatic N) is 2. The molecule has 0 bridgehead atoms. The molecule has 2 rings (SSSR count). The van der Waals surface area contributed by atoms with Crippen molar-refractivity contribution >= 4 is 23.4 Å². The summed E-state index contributed by atoms with van der Waals surface area (Å²) in [5, 5.41) is 9.26. The highest BCUT2D eigenvalue weighted by Crippen LogP contribution is 2.28. The largest absolute Gasteiger partial charge is 0.478 e. The molecule has 1 aliphatic rings. The van der Waals surface area contributed by atoms with E-state index in [1.165, 1.54) is 12.3 Å². The molecule has 1 atom stereocenters. The Morgan fingerprint density at radius 2 is 2.47 bits per heavy atom. The van der Waals surface area contributed by atoms with E-state index in [0.29, 0.717) is 18.9 Å². The molecular weight excluding hydrogens is 268 g/mol. The third-order valence-corrected chi connectivity index (χ3v) is 3.60. The Kier molecular flexibility index (Phi) is 4.61. The van der Waals surface area contributed by atoms with Crippen molar-refractivity contribution in [2.45, 2.75) is 25.9 Å². The predicted octanol–water partition coefficient (Wildman–Crippen LogP) is 2.44. The molecule has 2 heterocycles. The van der Waals surface area contributed by atoms with Gasteiger partial charge < -0.3 is 14.7 Å². The number of aromatic nitrogens is 1. The first-order valence-electron chi connectivity index (χ1n) is 6.37. The Labute approximate surface area is 117 Å². The average molecular weight is 285 g/mol. The summed E-state index contributed by atoms with van der Waals surface area (Å²) in [5.41, 5.74) is 0.0810. The van der Waals surface area contributed by atoms with E-state index in [1.807, 2.05) is 11.8 Å². The van der Waals surface area contributed by atoms with Gasteiger partial charge in [0.1, 0.15) is 5.82 Å². The van der Waals surface area contributed by atoms with Gasteiger partial charge in [0, 0.05) is 25.9 Å². The van der Waals surface area contributed by atoms with Crippen LogP contribution in [0.3, 0.4) is 0 Å². The second kappa shape index (κ2) is 6.21. The maximum atomic E-state index is 11.1. The van der Waals surface area contributed by atoms with E-state index in [4.69, 9.17) is 21.4 Å². The molecule has 19 heavy (non-hydrogen) atoms. The molecule has 0 radical (unpaired) electrons. The van der Waals surface area contributed by atoms with Gasteiger partial charge >= 0.3 is 5.97 Å². The first-order valence-corrected chi connectivity index (χ1v) is 6.75. The first kappa shape index (κ1) is 14.1. The molecule has 0 spiro atoms. The highest BCUT2D eigenvalue weighted by molar-refractivity contribution is 6.35. The van der Waals surface area contributed by atoms with E-state index in [2.05, 4.69) is 4.98 Å². The molecule has 1 aromatic heterocycles. The summed E-state index contributed by atoms with van der Waals surface area (Å²) < 4.78 is 5.60. The molecule has 0 aliphatic carbocycles. The van der Waals surface area contributed by atoms with Gasteiger partial charge in [-0.25, -0.2) is 9.78 Å². The molecule has 0 amide bonds. The van der Waals surface area contributed by atoms with Crippen molar-refractivity contribution in [3.8, 4) is 0 Å². The summed E-state index contributed by atoms with van der Waals surface area (Å²) in [6.07, 6.45) is 3.74. The minimum Gasteiger partial charge on any atom is -0.478 e. The van der Waals surface area contributed by atoms with Crippen LogP contribution in [0.25, 0.3) is 0 Å². The van der Waals surface area contributed by atoms with Gasteiger partial charge in [0.2, 0.25) is 0 Å². The fourth-order valence-electron chi connectivity index (χ4n) is 2.22. The Hall–Kier alpha value is -1.33. The maximum Gasteiger partial charge on any atom is 0.337 e. The number of ether oxygens (including phenoxy) is 1. The van der Waals surface area contributed by atoms with Crippen LogP contribution in [-0.2, 0) is 4.74 Å². The van der Waals surface area contributed by atoms with Crippen molar-refractivity contribution in [1.82, 2.24) is 4.98 Å². The van der Waals surface area contributed by atoms with Crippen molar-refractivity contribution in [3.05, 3.63) is 22.8 Å². The smallest absolute Gasteiger partial charge is 0.337 e. The van der Waals surface area contributed by atoms with Gasteiger partial charge in [-0.3, -0.25) is 0 Å². The zero-order valence-corrected chi connectivity index (χ0v) is 11.6. The molecule has 1 N–H and O–H groups in total. The van der Waals surface area contributed by atoms with E-state index in [-0.39, 0.29) is 16.7 Å². The van der Waals surface area contributed by atoms with E-state index in [0.717, 1.165) is 19.4 Å². The molecular formula is C13H17ClN2O3. The molecule has 0 aromatic carbocycles. The molecule has 1 fully saturated rings. The SMILES string of the molecule is CCN(CC1CCCO1)c1nccc(C(=O)O)c1Cl. The van der Waals surface area contributed by atoms with Crippen molar-refractivity contribution in [1.29, 1.82) is 0 Å². The molecule has 0 saturated carbocycles. The van der Waals surface area contributed by atoms with Gasteiger partial charge in [-0.15, -0.1) is 0 Å². The zero-order valence-electron chi connectivity index (χ0n) is 10.8. The maximum absolute atomic E-state index is 11.1. The molecule has 1 aliphatic heterocycles. The summed E-state index contributed by atoms with van der Waals surface area (Å²) in [7, 11) is 0. The Morgan fingerprint density at radius 3 is 3.05 bits per heavy atom. The Bertz CT molecular complexity index is 461. The normalized spacial score (nSPS) is 18.5. The fourth-order valence-corrected chi connectivity index (χ4v) is 2.53. The number of carboxylic acid groups (broad SMARTS) is 1. The average Bonchev–Trinajstić information content (AvgIpc) is 2.89. The Balaban J connectivity index is 2.22. The summed E-state index contributed by atoms with van der Waals surface area (Å²) in [5.74, 6) is -0.526. The summed E-state index contributed by atoms with van der Waals surface area (Å²) >= 11 is 6.14. The van der Waals surface area contributed by atoms with Crippen LogP contribution in [0, 0.1) is 0 Å². The van der Waals surface area contributed by atoms with E-state index >= 15 is 0 Å². The number of hydrogen-bond donors (Lipinski definition) is 1. The minimum absolute atomic E-state index is 0.0810. The first-order chi connectivity index (χ1) is 9.13. The number of anilines is 1. The van der Waals surface area contributed by atoms with E-state index < -0.39 is 5.97 Å². The molecule has 1 unspecified atom stereocenters. The van der Waals surface area contributed by atoms with Crippen LogP contribution in [0.5, 0.6) is 0 Å². The minimum atomic E-state index is -1.04. The van der Waals surface area contributed by atoms with Gasteiger partial charge in [-0.1, -0.05) is 11.6 Å². The quantitative estimate of drug-likeness (QED) is 0.900. The van der Waals surface area contributed by atoms with Crippen LogP contribution in [0.4, 0.5) is 5.82 Å². The topological polar surface area (TPSA) is 62.7 Å². The zero-order chi connectivity index (χ0) is 13.8. The highest BCUT2D eigenvalue weighted by Gasteiger charge is 2.22. The lowest BCUT2D eigenvalue weighted by Gasteiger charge is -2.26. The van der Waals surface area contributed by atoms with Crippen molar-refractivity contribution in [2.75, 3.05) is 24.6 Å². The fraction of sp³-hybridized carbons (Fsp3) is 0.538. The number of hydrogen-bond acceptors (Lipinski definition) is 4. The monoisotopic (exact) mass is 284 g/mol. The van der Waals surface area contributed by atoms with Crippen LogP contribution in [0.1, 0.15) is 30.1 Å². The summed E-state index contributed by atoms with van der Waals surface area (Å²) in [6, 6.07) is 1.41. The number of aromatic carboxylic acids is 1. The highest BCUT2D eigenvalue weighted by atomic mass is 35.5. The van der Waals surface area contributed by atoms with Gasteiger partial charge in [0.25, 0.3) is 0 Å². The third-order valence-electron chi connectivity index (χ3n) is 3.23. The summed E-state index contributed by atoms with van der Waals surface area (Å²) in [4.78, 5) is 17.2. The van der Waals surface area contributed by atoms with Gasteiger partial charge in [0.05, 0.1) is 16.7 Å². The van der Waals surface area contributed by atoms with Gasteiger partial charge in [-0.2, -0.15) is 0 Å². The predicted molar refractivity (Wildman–Crippen MR) is 73.1 cm³/mol. The number of rotatable bonds is 5. The summed E-state index contributed by atoms with van der Waals surface area (Å²) in [6.45, 7) is 4.17. The molecule has 5 nitrogen and oxygen atoms in total. The number of carboxylic acids is 1. The van der Waals surface area contributed by atoms with Crippen molar-refractivity contribution in [2.24, 2.45) is 0 Å². The Morgan fingerprint density at radius 1 is 1.68 bits per heavy atom. The molecule has 1 saturated heterocycles. The number of carbonyl (C=O) groups is 1. The second-order valence-electron chi connectivity index (χ2n) is 4.47. The van der Waals surface area contributed by atoms with Crippen molar-refractivity contribution < 1.29 is 14.6 Å². The van der Waals surface area contributed by atoms with Crippen LogP contribution in [-0.4, -0.2) is 41.9 Å². The number of pyridine rings is 1. The van der Waals surface area contributed by atoms with Gasteiger partial charge in [-0.05, 0) is 25.8 Å². The third kappa shape index (κ3) is 3.16. The second-order valence-corrected chi connectivity index (χ2v) is 4.85. The lowest BCUT2D eigenvalue weighted by atomic mass is 10.2. The van der Waals surface area contributed by atoms with Crippen LogP contribution in [0.2, 0.25) is 5.02 Å². The van der Waals surface area contributed by atoms with Crippen LogP contribution in [0.15, 0.2) is 12.3 Å². The number of likely N-dealkylation sites (N-methyl/N-ethyl adjacent to an activating group) is 1. The van der Waals surface area contributed by atoms with Crippen molar-refractivity contribution in [3.63, 3.8) is 0 Å². The molecule has 1 aromatic rings. The molecule has 6 heteroatoms. The van der Waals surface area contributed by atoms with E-state index in [9.17, 15) is 4.79 Å². The lowest BCUT2D eigenvalue weighted by Crippen LogP contribution is -2.33. The van der Waals surface area contributed by atoms with Gasteiger partial charge in [0.15, 0.2) is 0 Å². The lowest BCUT2D eigenvalue weighted by molar-refractivity contribution is 0.0697. The van der Waals surface area contributed by atoms with Crippen LogP contribution < -0.4 is 4.90 Å². The number of halogens is 1. The molecule has 104 valence electrons. The van der Waals surface area contributed by atoms with Crippen LogP contribution >= 0.6 is 11.6 Å². The van der Waals surface area contributed by atoms with E-state index in [1.54, 1.807) is 0 Å². The standard InChI is InChI=1S/C13H17ClN2O3/c1-2-16(8-9-4-3-7-19-9)12-11(14)10(13(17)18)5-6-15-12/h5-6,9H,2-4,7-8H2,1H3,(H,17,18).